The lowest BCUT2D eigenvalue weighted by Gasteiger charge is -1.94. The van der Waals surface area contributed by atoms with Crippen molar-refractivity contribution >= 4 is 17.3 Å². The van der Waals surface area contributed by atoms with Gasteiger partial charge < -0.3 is 9.15 Å². The summed E-state index contributed by atoms with van der Waals surface area (Å²) in [6.45, 7) is 5.73. The van der Waals surface area contributed by atoms with E-state index in [2.05, 4.69) is 15.2 Å². The monoisotopic (exact) mass is 253 g/mol. The van der Waals surface area contributed by atoms with E-state index in [0.29, 0.717) is 5.89 Å². The Balaban J connectivity index is 2.30. The van der Waals surface area contributed by atoms with Crippen LogP contribution in [-0.2, 0) is 4.74 Å². The maximum Gasteiger partial charge on any atom is 0.396 e. The van der Waals surface area contributed by atoms with Gasteiger partial charge in [0.1, 0.15) is 4.88 Å². The Morgan fingerprint density at radius 3 is 2.76 bits per heavy atom. The molecule has 0 saturated carbocycles. The summed E-state index contributed by atoms with van der Waals surface area (Å²) in [6.07, 6.45) is 0. The zero-order valence-corrected chi connectivity index (χ0v) is 10.5. The van der Waals surface area contributed by atoms with Gasteiger partial charge in [0.2, 0.25) is 0 Å². The van der Waals surface area contributed by atoms with Gasteiger partial charge >= 0.3 is 11.9 Å². The maximum atomic E-state index is 11.3. The fraction of sp³-hybridized carbons (Fsp3) is 0.400. The average molecular weight is 253 g/mol. The Morgan fingerprint density at radius 1 is 1.41 bits per heavy atom. The van der Waals surface area contributed by atoms with Gasteiger partial charge in [0.15, 0.2) is 0 Å². The number of aryl methyl sites for hydroxylation is 2. The highest BCUT2D eigenvalue weighted by atomic mass is 32.1. The number of hydrogen-bond acceptors (Lipinski definition) is 7. The van der Waals surface area contributed by atoms with Gasteiger partial charge in [0.25, 0.3) is 5.89 Å². The molecule has 0 atom stereocenters. The van der Waals surface area contributed by atoms with Gasteiger partial charge in [-0.1, -0.05) is 0 Å². The van der Waals surface area contributed by atoms with E-state index in [-0.39, 0.29) is 12.5 Å². The van der Waals surface area contributed by atoms with Crippen molar-refractivity contribution in [2.45, 2.75) is 20.8 Å². The van der Waals surface area contributed by atoms with E-state index < -0.39 is 5.97 Å². The van der Waals surface area contributed by atoms with Crippen molar-refractivity contribution in [1.29, 1.82) is 0 Å². The summed E-state index contributed by atoms with van der Waals surface area (Å²) in [4.78, 5) is 16.4. The highest BCUT2D eigenvalue weighted by Crippen LogP contribution is 2.28. The molecule has 0 spiro atoms. The van der Waals surface area contributed by atoms with Crippen LogP contribution < -0.4 is 0 Å². The Morgan fingerprint density at radius 2 is 2.18 bits per heavy atom. The molecular weight excluding hydrogens is 242 g/mol. The highest BCUT2D eigenvalue weighted by Gasteiger charge is 2.19. The van der Waals surface area contributed by atoms with Crippen molar-refractivity contribution in [1.82, 2.24) is 15.2 Å². The molecule has 0 saturated heterocycles. The van der Waals surface area contributed by atoms with Gasteiger partial charge in [-0.05, 0) is 20.8 Å². The van der Waals surface area contributed by atoms with Crippen molar-refractivity contribution in [2.75, 3.05) is 6.61 Å². The molecule has 0 aliphatic rings. The lowest BCUT2D eigenvalue weighted by Crippen LogP contribution is -2.04. The van der Waals surface area contributed by atoms with Crippen LogP contribution in [0.15, 0.2) is 4.42 Å². The average Bonchev–Trinajstić information content (AvgIpc) is 2.85. The molecule has 0 unspecified atom stereocenters. The zero-order valence-electron chi connectivity index (χ0n) is 9.68. The Bertz CT molecular complexity index is 547. The number of carbonyl (C=O) groups is 1. The smallest absolute Gasteiger partial charge is 0.396 e. The molecule has 0 aliphatic carbocycles. The van der Waals surface area contributed by atoms with Crippen LogP contribution in [0.1, 0.15) is 28.3 Å². The Hall–Kier alpha value is -1.76. The van der Waals surface area contributed by atoms with Gasteiger partial charge in [-0.2, -0.15) is 0 Å². The zero-order chi connectivity index (χ0) is 12.4. The van der Waals surface area contributed by atoms with Gasteiger partial charge in [-0.25, -0.2) is 9.78 Å². The fourth-order valence-electron chi connectivity index (χ4n) is 1.32. The van der Waals surface area contributed by atoms with Crippen LogP contribution in [0.4, 0.5) is 0 Å². The number of ether oxygens (including phenoxy) is 1. The maximum absolute atomic E-state index is 11.3. The summed E-state index contributed by atoms with van der Waals surface area (Å²) in [5, 5.41) is 8.38. The Kier molecular flexibility index (Phi) is 3.19. The van der Waals surface area contributed by atoms with Gasteiger partial charge in [-0.3, -0.25) is 0 Å². The largest absolute Gasteiger partial charge is 0.459 e. The lowest BCUT2D eigenvalue weighted by molar-refractivity contribution is 0.0481. The van der Waals surface area contributed by atoms with Gasteiger partial charge in [0, 0.05) is 0 Å². The number of esters is 1. The van der Waals surface area contributed by atoms with Crippen LogP contribution in [0.2, 0.25) is 0 Å². The van der Waals surface area contributed by atoms with Crippen LogP contribution in [0, 0.1) is 13.8 Å². The quantitative estimate of drug-likeness (QED) is 0.778. The minimum Gasteiger partial charge on any atom is -0.459 e. The molecule has 7 heteroatoms. The number of carbonyl (C=O) groups excluding carboxylic acids is 1. The van der Waals surface area contributed by atoms with Gasteiger partial charge in [-0.15, -0.1) is 21.5 Å². The molecule has 17 heavy (non-hydrogen) atoms. The van der Waals surface area contributed by atoms with E-state index in [1.807, 2.05) is 13.8 Å². The molecular formula is C10H11N3O3S. The van der Waals surface area contributed by atoms with Gasteiger partial charge in [0.05, 0.1) is 17.3 Å². The predicted molar refractivity (Wildman–Crippen MR) is 60.8 cm³/mol. The van der Waals surface area contributed by atoms with E-state index in [0.717, 1.165) is 15.6 Å². The van der Waals surface area contributed by atoms with Crippen molar-refractivity contribution in [2.24, 2.45) is 0 Å². The third-order valence-electron chi connectivity index (χ3n) is 1.97. The summed E-state index contributed by atoms with van der Waals surface area (Å²) >= 11 is 1.45. The number of rotatable bonds is 3. The molecule has 2 aromatic rings. The van der Waals surface area contributed by atoms with E-state index in [1.54, 1.807) is 6.92 Å². The first-order valence-electron chi connectivity index (χ1n) is 5.06. The molecule has 0 amide bonds. The minimum absolute atomic E-state index is 0.132. The molecule has 0 aromatic carbocycles. The van der Waals surface area contributed by atoms with Crippen molar-refractivity contribution in [3.8, 4) is 10.8 Å². The summed E-state index contributed by atoms with van der Waals surface area (Å²) in [7, 11) is 0. The minimum atomic E-state index is -0.606. The summed E-state index contributed by atoms with van der Waals surface area (Å²) in [5.41, 5.74) is 0.812. The molecule has 2 aromatic heterocycles. The van der Waals surface area contributed by atoms with E-state index in [1.165, 1.54) is 11.3 Å². The van der Waals surface area contributed by atoms with E-state index in [9.17, 15) is 4.79 Å². The second kappa shape index (κ2) is 4.62. The van der Waals surface area contributed by atoms with Crippen molar-refractivity contribution < 1.29 is 13.9 Å². The fourth-order valence-corrected chi connectivity index (χ4v) is 2.16. The topological polar surface area (TPSA) is 78.1 Å². The van der Waals surface area contributed by atoms with Crippen LogP contribution in [0.3, 0.4) is 0 Å². The first-order chi connectivity index (χ1) is 8.11. The molecule has 0 bridgehead atoms. The number of thiazole rings is 1. The van der Waals surface area contributed by atoms with Crippen LogP contribution in [0.5, 0.6) is 0 Å². The van der Waals surface area contributed by atoms with E-state index in [4.69, 9.17) is 9.15 Å². The second-order valence-electron chi connectivity index (χ2n) is 3.28. The lowest BCUT2D eigenvalue weighted by atomic mass is 10.4. The van der Waals surface area contributed by atoms with Crippen LogP contribution in [0.25, 0.3) is 10.8 Å². The molecule has 90 valence electrons. The summed E-state index contributed by atoms with van der Waals surface area (Å²) in [5.74, 6) is -0.436. The third-order valence-corrected chi connectivity index (χ3v) is 3.03. The first kappa shape index (κ1) is 11.7. The Labute approximate surface area is 102 Å². The van der Waals surface area contributed by atoms with Crippen molar-refractivity contribution in [3.05, 3.63) is 16.6 Å². The standard InChI is InChI=1S/C10H11N3O3S/c1-4-15-10(14)9-13-12-8(16-9)7-5(2)11-6(3)17-7/h4H2,1-3H3. The summed E-state index contributed by atoms with van der Waals surface area (Å²) < 4.78 is 10.0. The predicted octanol–water partition coefficient (Wildman–Crippen LogP) is 1.99. The first-order valence-corrected chi connectivity index (χ1v) is 5.88. The SMILES string of the molecule is CCOC(=O)c1nnc(-c2sc(C)nc2C)o1. The normalized spacial score (nSPS) is 10.5. The highest BCUT2D eigenvalue weighted by molar-refractivity contribution is 7.15. The molecule has 2 rings (SSSR count). The molecule has 0 N–H and O–H groups in total. The number of aromatic nitrogens is 3. The summed E-state index contributed by atoms with van der Waals surface area (Å²) in [6, 6.07) is 0. The molecule has 0 fully saturated rings. The molecule has 2 heterocycles. The van der Waals surface area contributed by atoms with Crippen molar-refractivity contribution in [3.63, 3.8) is 0 Å². The molecule has 0 aliphatic heterocycles. The molecule has 0 radical (unpaired) electrons. The second-order valence-corrected chi connectivity index (χ2v) is 4.48. The number of nitrogens with zero attached hydrogens (tertiary/aromatic N) is 3. The van der Waals surface area contributed by atoms with E-state index >= 15 is 0 Å². The molecule has 6 nitrogen and oxygen atoms in total. The van der Waals surface area contributed by atoms with Crippen LogP contribution >= 0.6 is 11.3 Å². The van der Waals surface area contributed by atoms with Crippen LogP contribution in [-0.4, -0.2) is 27.8 Å². The third kappa shape index (κ3) is 2.33. The number of hydrogen-bond donors (Lipinski definition) is 0.